The number of carbonyl (C=O) groups is 2. The van der Waals surface area contributed by atoms with Gasteiger partial charge in [-0.05, 0) is 42.9 Å². The van der Waals surface area contributed by atoms with E-state index in [9.17, 15) is 9.59 Å². The van der Waals surface area contributed by atoms with Gasteiger partial charge in [0.25, 0.3) is 0 Å². The fourth-order valence-electron chi connectivity index (χ4n) is 3.78. The maximum Gasteiger partial charge on any atom is 0.221 e. The first-order chi connectivity index (χ1) is 8.74. The standard InChI is InChI=1S/C16H27NO2/c1-11(18)14(15(2,3)4)17-13(19)10-16-8-6-5-7-12(16)9-16/h12,14H,5-10H2,1-4H3,(H,17,19). The van der Waals surface area contributed by atoms with Crippen molar-refractivity contribution < 1.29 is 9.59 Å². The average molecular weight is 265 g/mol. The van der Waals surface area contributed by atoms with Crippen molar-refractivity contribution in [3.63, 3.8) is 0 Å². The number of fused-ring (bicyclic) bond motifs is 1. The van der Waals surface area contributed by atoms with Crippen LogP contribution in [0.3, 0.4) is 0 Å². The Morgan fingerprint density at radius 3 is 2.53 bits per heavy atom. The minimum atomic E-state index is -0.364. The van der Waals surface area contributed by atoms with Gasteiger partial charge < -0.3 is 5.32 Å². The molecule has 0 heterocycles. The van der Waals surface area contributed by atoms with Crippen LogP contribution in [0.4, 0.5) is 0 Å². The summed E-state index contributed by atoms with van der Waals surface area (Å²) in [5.41, 5.74) is 0.0796. The van der Waals surface area contributed by atoms with Gasteiger partial charge in [-0.15, -0.1) is 0 Å². The van der Waals surface area contributed by atoms with E-state index >= 15 is 0 Å². The molecule has 0 aromatic heterocycles. The fourth-order valence-corrected chi connectivity index (χ4v) is 3.78. The molecule has 0 aromatic carbocycles. The largest absolute Gasteiger partial charge is 0.346 e. The molecule has 2 aliphatic carbocycles. The monoisotopic (exact) mass is 265 g/mol. The van der Waals surface area contributed by atoms with Gasteiger partial charge in [0, 0.05) is 6.42 Å². The van der Waals surface area contributed by atoms with Gasteiger partial charge in [0.15, 0.2) is 5.78 Å². The quantitative estimate of drug-likeness (QED) is 0.849. The molecule has 0 spiro atoms. The highest BCUT2D eigenvalue weighted by Gasteiger charge is 2.55. The first-order valence-corrected chi connectivity index (χ1v) is 7.54. The van der Waals surface area contributed by atoms with Gasteiger partial charge >= 0.3 is 0 Å². The molecule has 0 aliphatic heterocycles. The molecule has 19 heavy (non-hydrogen) atoms. The van der Waals surface area contributed by atoms with Crippen molar-refractivity contribution in [3.05, 3.63) is 0 Å². The number of nitrogens with one attached hydrogen (secondary N) is 1. The summed E-state index contributed by atoms with van der Waals surface area (Å²) >= 11 is 0. The van der Waals surface area contributed by atoms with E-state index in [1.54, 1.807) is 6.92 Å². The minimum absolute atomic E-state index is 0.0503. The molecule has 2 fully saturated rings. The van der Waals surface area contributed by atoms with Crippen LogP contribution in [0, 0.1) is 16.7 Å². The van der Waals surface area contributed by atoms with Crippen molar-refractivity contribution in [3.8, 4) is 0 Å². The van der Waals surface area contributed by atoms with Crippen LogP contribution < -0.4 is 5.32 Å². The Bertz CT molecular complexity index is 383. The molecule has 0 radical (unpaired) electrons. The minimum Gasteiger partial charge on any atom is -0.346 e. The Morgan fingerprint density at radius 2 is 2.00 bits per heavy atom. The number of carbonyl (C=O) groups excluding carboxylic acids is 2. The Labute approximate surface area is 116 Å². The molecule has 2 aliphatic rings. The molecule has 1 N–H and O–H groups in total. The van der Waals surface area contributed by atoms with Crippen LogP contribution in [0.5, 0.6) is 0 Å². The first-order valence-electron chi connectivity index (χ1n) is 7.54. The first kappa shape index (κ1) is 14.5. The number of ketones is 1. The van der Waals surface area contributed by atoms with E-state index in [4.69, 9.17) is 0 Å². The average Bonchev–Trinajstić information content (AvgIpc) is 2.97. The molecule has 3 unspecified atom stereocenters. The Balaban J connectivity index is 1.92. The summed E-state index contributed by atoms with van der Waals surface area (Å²) in [6.45, 7) is 7.56. The van der Waals surface area contributed by atoms with Crippen molar-refractivity contribution >= 4 is 11.7 Å². The molecule has 2 saturated carbocycles. The molecule has 0 saturated heterocycles. The lowest BCUT2D eigenvalue weighted by Crippen LogP contribution is -2.48. The zero-order chi connectivity index (χ0) is 14.3. The Hall–Kier alpha value is -0.860. The summed E-state index contributed by atoms with van der Waals surface area (Å²) in [6, 6.07) is -0.364. The summed E-state index contributed by atoms with van der Waals surface area (Å²) in [6.07, 6.45) is 6.93. The van der Waals surface area contributed by atoms with Crippen LogP contribution >= 0.6 is 0 Å². The second kappa shape index (κ2) is 4.92. The summed E-state index contributed by atoms with van der Waals surface area (Å²) in [4.78, 5) is 23.9. The molecular weight excluding hydrogens is 238 g/mol. The van der Waals surface area contributed by atoms with Gasteiger partial charge in [-0.3, -0.25) is 9.59 Å². The number of amides is 1. The van der Waals surface area contributed by atoms with Crippen LogP contribution in [0.15, 0.2) is 0 Å². The molecule has 2 rings (SSSR count). The third-order valence-corrected chi connectivity index (χ3v) is 4.93. The smallest absolute Gasteiger partial charge is 0.221 e. The van der Waals surface area contributed by atoms with Crippen molar-refractivity contribution in [1.82, 2.24) is 5.32 Å². The number of rotatable bonds is 4. The molecule has 3 atom stereocenters. The van der Waals surface area contributed by atoms with Crippen LogP contribution in [-0.2, 0) is 9.59 Å². The van der Waals surface area contributed by atoms with E-state index in [1.807, 2.05) is 20.8 Å². The predicted molar refractivity (Wildman–Crippen MR) is 75.7 cm³/mol. The van der Waals surface area contributed by atoms with E-state index in [1.165, 1.54) is 32.1 Å². The maximum absolute atomic E-state index is 12.2. The summed E-state index contributed by atoms with van der Waals surface area (Å²) in [5.74, 6) is 0.895. The maximum atomic E-state index is 12.2. The van der Waals surface area contributed by atoms with Gasteiger partial charge in [-0.2, -0.15) is 0 Å². The van der Waals surface area contributed by atoms with Crippen molar-refractivity contribution in [1.29, 1.82) is 0 Å². The third kappa shape index (κ3) is 3.18. The normalized spacial score (nSPS) is 31.3. The van der Waals surface area contributed by atoms with Gasteiger partial charge in [0.1, 0.15) is 0 Å². The summed E-state index contributed by atoms with van der Waals surface area (Å²) < 4.78 is 0. The zero-order valence-electron chi connectivity index (χ0n) is 12.7. The highest BCUT2D eigenvalue weighted by molar-refractivity contribution is 5.88. The summed E-state index contributed by atoms with van der Waals surface area (Å²) in [7, 11) is 0. The van der Waals surface area contributed by atoms with E-state index in [2.05, 4.69) is 5.32 Å². The lowest BCUT2D eigenvalue weighted by Gasteiger charge is -2.30. The SMILES string of the molecule is CC(=O)C(NC(=O)CC12CCCCC1C2)C(C)(C)C. The zero-order valence-corrected chi connectivity index (χ0v) is 12.7. The Morgan fingerprint density at radius 1 is 1.32 bits per heavy atom. The third-order valence-electron chi connectivity index (χ3n) is 4.93. The number of Topliss-reactive ketones (excluding diaryl/α,β-unsaturated/α-hetero) is 1. The van der Waals surface area contributed by atoms with Crippen LogP contribution in [-0.4, -0.2) is 17.7 Å². The Kier molecular flexibility index (Phi) is 3.76. The molecule has 3 nitrogen and oxygen atoms in total. The van der Waals surface area contributed by atoms with E-state index in [0.717, 1.165) is 5.92 Å². The van der Waals surface area contributed by atoms with Crippen LogP contribution in [0.2, 0.25) is 0 Å². The molecule has 1 amide bonds. The molecule has 108 valence electrons. The summed E-state index contributed by atoms with van der Waals surface area (Å²) in [5, 5.41) is 2.97. The topological polar surface area (TPSA) is 46.2 Å². The number of hydrogen-bond acceptors (Lipinski definition) is 2. The molecule has 0 aromatic rings. The van der Waals surface area contributed by atoms with Crippen LogP contribution in [0.1, 0.15) is 66.2 Å². The van der Waals surface area contributed by atoms with Gasteiger partial charge in [-0.1, -0.05) is 33.6 Å². The van der Waals surface area contributed by atoms with Gasteiger partial charge in [0.05, 0.1) is 6.04 Å². The predicted octanol–water partition coefficient (Wildman–Crippen LogP) is 3.08. The van der Waals surface area contributed by atoms with Gasteiger partial charge in [0.2, 0.25) is 5.91 Å². The second-order valence-electron chi connectivity index (χ2n) is 7.66. The number of hydrogen-bond donors (Lipinski definition) is 1. The lowest BCUT2D eigenvalue weighted by atomic mass is 9.83. The second-order valence-corrected chi connectivity index (χ2v) is 7.66. The molecule has 3 heteroatoms. The van der Waals surface area contributed by atoms with Crippen LogP contribution in [0.25, 0.3) is 0 Å². The molecule has 0 bridgehead atoms. The highest BCUT2D eigenvalue weighted by atomic mass is 16.2. The highest BCUT2D eigenvalue weighted by Crippen LogP contribution is 2.63. The van der Waals surface area contributed by atoms with Gasteiger partial charge in [-0.25, -0.2) is 0 Å². The van der Waals surface area contributed by atoms with Crippen molar-refractivity contribution in [2.24, 2.45) is 16.7 Å². The van der Waals surface area contributed by atoms with Crippen molar-refractivity contribution in [2.45, 2.75) is 72.3 Å². The van der Waals surface area contributed by atoms with Crippen molar-refractivity contribution in [2.75, 3.05) is 0 Å². The van der Waals surface area contributed by atoms with E-state index < -0.39 is 0 Å². The fraction of sp³-hybridized carbons (Fsp3) is 0.875. The van der Waals surface area contributed by atoms with E-state index in [-0.39, 0.29) is 23.1 Å². The lowest BCUT2D eigenvalue weighted by molar-refractivity contribution is -0.130. The molecular formula is C16H27NO2. The van der Waals surface area contributed by atoms with E-state index in [0.29, 0.717) is 11.8 Å².